The maximum Gasteiger partial charge on any atom is 0.0715 e. The molecule has 94 valence electrons. The fourth-order valence-corrected chi connectivity index (χ4v) is 3.07. The van der Waals surface area contributed by atoms with Crippen LogP contribution in [-0.2, 0) is 6.42 Å². The van der Waals surface area contributed by atoms with E-state index in [0.29, 0.717) is 11.8 Å². The van der Waals surface area contributed by atoms with Crippen LogP contribution in [0.25, 0.3) is 0 Å². The molecule has 1 nitrogen and oxygen atoms in total. The fourth-order valence-electron chi connectivity index (χ4n) is 2.94. The van der Waals surface area contributed by atoms with E-state index in [0.717, 1.165) is 24.3 Å². The average Bonchev–Trinajstić information content (AvgIpc) is 2.29. The minimum Gasteiger partial charge on any atom is -0.389 e. The maximum atomic E-state index is 10.8. The summed E-state index contributed by atoms with van der Waals surface area (Å²) < 4.78 is 0. The summed E-state index contributed by atoms with van der Waals surface area (Å²) in [6, 6.07) is 7.84. The predicted molar refractivity (Wildman–Crippen MR) is 72.3 cm³/mol. The summed E-state index contributed by atoms with van der Waals surface area (Å²) in [6.07, 6.45) is 4.04. The third-order valence-corrected chi connectivity index (χ3v) is 4.65. The molecule has 1 saturated carbocycles. The molecule has 0 aromatic heterocycles. The highest BCUT2D eigenvalue weighted by Gasteiger charge is 2.39. The van der Waals surface area contributed by atoms with E-state index < -0.39 is 5.60 Å². The number of rotatable bonds is 2. The van der Waals surface area contributed by atoms with Crippen LogP contribution in [0.5, 0.6) is 0 Å². The van der Waals surface area contributed by atoms with Gasteiger partial charge in [-0.1, -0.05) is 50.4 Å². The van der Waals surface area contributed by atoms with Crippen LogP contribution in [0, 0.1) is 11.8 Å². The van der Waals surface area contributed by atoms with Crippen molar-refractivity contribution in [2.75, 3.05) is 0 Å². The zero-order chi connectivity index (χ0) is 12.5. The van der Waals surface area contributed by atoms with Gasteiger partial charge < -0.3 is 5.11 Å². The molecular weight excluding hydrogens is 232 g/mol. The normalized spacial score (nSPS) is 33.6. The Hall–Kier alpha value is -0.530. The van der Waals surface area contributed by atoms with E-state index in [1.54, 1.807) is 0 Å². The first-order chi connectivity index (χ1) is 8.01. The van der Waals surface area contributed by atoms with Crippen LogP contribution in [0.15, 0.2) is 24.3 Å². The number of hydrogen-bond donors (Lipinski definition) is 1. The first-order valence-electron chi connectivity index (χ1n) is 6.48. The summed E-state index contributed by atoms with van der Waals surface area (Å²) in [4.78, 5) is 0. The van der Waals surface area contributed by atoms with Crippen LogP contribution in [0.2, 0.25) is 5.02 Å². The molecule has 1 N–H and O–H groups in total. The Kier molecular flexibility index (Phi) is 3.79. The van der Waals surface area contributed by atoms with E-state index in [1.807, 2.05) is 24.3 Å². The summed E-state index contributed by atoms with van der Waals surface area (Å²) >= 11 is 5.88. The van der Waals surface area contributed by atoms with Gasteiger partial charge >= 0.3 is 0 Å². The van der Waals surface area contributed by atoms with Crippen LogP contribution in [0.1, 0.15) is 38.7 Å². The molecule has 1 aromatic carbocycles. The van der Waals surface area contributed by atoms with E-state index in [2.05, 4.69) is 13.8 Å². The molecule has 0 radical (unpaired) electrons. The van der Waals surface area contributed by atoms with E-state index in [4.69, 9.17) is 11.6 Å². The lowest BCUT2D eigenvalue weighted by molar-refractivity contribution is -0.0620. The first kappa shape index (κ1) is 12.9. The van der Waals surface area contributed by atoms with Crippen molar-refractivity contribution in [1.29, 1.82) is 0 Å². The van der Waals surface area contributed by atoms with Gasteiger partial charge in [0.05, 0.1) is 5.60 Å². The molecule has 3 unspecified atom stereocenters. The summed E-state index contributed by atoms with van der Waals surface area (Å²) in [5.74, 6) is 0.980. The van der Waals surface area contributed by atoms with Crippen molar-refractivity contribution in [3.05, 3.63) is 34.9 Å². The SMILES string of the molecule is CC1CCCC(O)(Cc2ccc(Cl)cc2)C1C. The maximum absolute atomic E-state index is 10.8. The third kappa shape index (κ3) is 2.83. The minimum absolute atomic E-state index is 0.368. The topological polar surface area (TPSA) is 20.2 Å². The minimum atomic E-state index is -0.536. The Morgan fingerprint density at radius 1 is 1.29 bits per heavy atom. The summed E-state index contributed by atoms with van der Waals surface area (Å²) in [5, 5.41) is 11.6. The van der Waals surface area contributed by atoms with E-state index in [-0.39, 0.29) is 0 Å². The van der Waals surface area contributed by atoms with Gasteiger partial charge in [-0.2, -0.15) is 0 Å². The van der Waals surface area contributed by atoms with Gasteiger partial charge in [-0.25, -0.2) is 0 Å². The largest absolute Gasteiger partial charge is 0.389 e. The Bertz CT molecular complexity index is 373. The van der Waals surface area contributed by atoms with Gasteiger partial charge in [0.1, 0.15) is 0 Å². The van der Waals surface area contributed by atoms with Crippen molar-refractivity contribution in [1.82, 2.24) is 0 Å². The lowest BCUT2D eigenvalue weighted by Gasteiger charge is -2.42. The zero-order valence-corrected chi connectivity index (χ0v) is 11.4. The average molecular weight is 253 g/mol. The molecule has 1 aliphatic rings. The Labute approximate surface area is 109 Å². The van der Waals surface area contributed by atoms with E-state index >= 15 is 0 Å². The molecule has 1 aromatic rings. The summed E-state index contributed by atoms with van der Waals surface area (Å²) in [5.41, 5.74) is 0.642. The highest BCUT2D eigenvalue weighted by molar-refractivity contribution is 6.30. The molecule has 0 bridgehead atoms. The lowest BCUT2D eigenvalue weighted by Crippen LogP contribution is -2.44. The van der Waals surface area contributed by atoms with E-state index in [1.165, 1.54) is 12.0 Å². The second kappa shape index (κ2) is 4.99. The lowest BCUT2D eigenvalue weighted by atomic mass is 9.68. The molecule has 3 atom stereocenters. The molecule has 0 saturated heterocycles. The Morgan fingerprint density at radius 2 is 1.94 bits per heavy atom. The van der Waals surface area contributed by atoms with Crippen LogP contribution in [0.4, 0.5) is 0 Å². The second-order valence-corrected chi connectivity index (χ2v) is 6.00. The second-order valence-electron chi connectivity index (χ2n) is 5.57. The van der Waals surface area contributed by atoms with Crippen molar-refractivity contribution in [3.8, 4) is 0 Å². The monoisotopic (exact) mass is 252 g/mol. The number of hydrogen-bond acceptors (Lipinski definition) is 1. The molecule has 0 amide bonds. The molecule has 2 rings (SSSR count). The van der Waals surface area contributed by atoms with Crippen molar-refractivity contribution >= 4 is 11.6 Å². The molecular formula is C15H21ClO. The summed E-state index contributed by atoms with van der Waals surface area (Å²) in [7, 11) is 0. The van der Waals surface area contributed by atoms with Crippen LogP contribution in [-0.4, -0.2) is 10.7 Å². The Morgan fingerprint density at radius 3 is 2.59 bits per heavy atom. The molecule has 0 spiro atoms. The van der Waals surface area contributed by atoms with Gasteiger partial charge in [0.25, 0.3) is 0 Å². The van der Waals surface area contributed by atoms with Crippen LogP contribution < -0.4 is 0 Å². The van der Waals surface area contributed by atoms with Crippen molar-refractivity contribution < 1.29 is 5.11 Å². The van der Waals surface area contributed by atoms with Gasteiger partial charge in [-0.3, -0.25) is 0 Å². The van der Waals surface area contributed by atoms with Gasteiger partial charge in [0.2, 0.25) is 0 Å². The van der Waals surface area contributed by atoms with Gasteiger partial charge in [-0.15, -0.1) is 0 Å². The molecule has 2 heteroatoms. The molecule has 17 heavy (non-hydrogen) atoms. The highest BCUT2D eigenvalue weighted by Crippen LogP contribution is 2.39. The first-order valence-corrected chi connectivity index (χ1v) is 6.86. The number of benzene rings is 1. The standard InChI is InChI=1S/C15H21ClO/c1-11-4-3-9-15(17,12(11)2)10-13-5-7-14(16)8-6-13/h5-8,11-12,17H,3-4,9-10H2,1-2H3. The predicted octanol–water partition coefficient (Wildman–Crippen LogP) is 4.07. The fraction of sp³-hybridized carbons (Fsp3) is 0.600. The van der Waals surface area contributed by atoms with Crippen molar-refractivity contribution in [2.45, 2.75) is 45.1 Å². The highest BCUT2D eigenvalue weighted by atomic mass is 35.5. The molecule has 1 fully saturated rings. The van der Waals surface area contributed by atoms with Gasteiger partial charge in [-0.05, 0) is 36.0 Å². The smallest absolute Gasteiger partial charge is 0.0715 e. The number of halogens is 1. The van der Waals surface area contributed by atoms with Crippen LogP contribution >= 0.6 is 11.6 Å². The molecule has 0 aliphatic heterocycles. The van der Waals surface area contributed by atoms with E-state index in [9.17, 15) is 5.11 Å². The Balaban J connectivity index is 2.13. The zero-order valence-electron chi connectivity index (χ0n) is 10.6. The third-order valence-electron chi connectivity index (χ3n) is 4.39. The van der Waals surface area contributed by atoms with Gasteiger partial charge in [0, 0.05) is 11.4 Å². The van der Waals surface area contributed by atoms with Crippen LogP contribution in [0.3, 0.4) is 0 Å². The quantitative estimate of drug-likeness (QED) is 0.841. The van der Waals surface area contributed by atoms with Gasteiger partial charge in [0.15, 0.2) is 0 Å². The van der Waals surface area contributed by atoms with Crippen molar-refractivity contribution in [3.63, 3.8) is 0 Å². The van der Waals surface area contributed by atoms with Crippen molar-refractivity contribution in [2.24, 2.45) is 11.8 Å². The number of aliphatic hydroxyl groups is 1. The molecule has 0 heterocycles. The molecule has 1 aliphatic carbocycles. The summed E-state index contributed by atoms with van der Waals surface area (Å²) in [6.45, 7) is 4.43.